The average Bonchev–Trinajstić information content (AvgIpc) is 3.86. The van der Waals surface area contributed by atoms with Gasteiger partial charge in [0.05, 0.1) is 22.1 Å². The van der Waals surface area contributed by atoms with Gasteiger partial charge in [-0.15, -0.1) is 0 Å². The van der Waals surface area contributed by atoms with E-state index >= 15 is 0 Å². The zero-order valence-corrected chi connectivity index (χ0v) is 27.2. The van der Waals surface area contributed by atoms with Crippen molar-refractivity contribution in [1.82, 2.24) is 24.1 Å². The van der Waals surface area contributed by atoms with Gasteiger partial charge < -0.3 is 8.98 Å². The van der Waals surface area contributed by atoms with Crippen molar-refractivity contribution in [3.63, 3.8) is 0 Å². The van der Waals surface area contributed by atoms with Crippen LogP contribution in [0.1, 0.15) is 0 Å². The maximum absolute atomic E-state index is 6.21. The minimum absolute atomic E-state index is 0.574. The highest BCUT2D eigenvalue weighted by atomic mass is 16.3. The van der Waals surface area contributed by atoms with Gasteiger partial charge >= 0.3 is 0 Å². The molecule has 238 valence electrons. The summed E-state index contributed by atoms with van der Waals surface area (Å²) in [5.74, 6) is 1.82. The van der Waals surface area contributed by atoms with Crippen LogP contribution in [0.15, 0.2) is 168 Å². The molecular formula is C45H27N5O. The SMILES string of the molecule is c1ccc(-c2nc(-c3ccccc3)nc(-n3c4ccccc4c4ccc5c(c6ccccc6n5-c5ccc6oc7ccccc7c6c5)c43)n2)cc1. The topological polar surface area (TPSA) is 61.7 Å². The van der Waals surface area contributed by atoms with Gasteiger partial charge in [-0.2, -0.15) is 9.97 Å². The lowest BCUT2D eigenvalue weighted by molar-refractivity contribution is 0.669. The standard InChI is InChI=1S/C45H27N5O/c1-3-13-28(14-4-1)43-46-44(29-15-5-2-6-16-29)48-45(47-43)50-36-20-10-7-17-31(36)33-24-25-38-41(42(33)50)34-19-8-11-21-37(34)49(38)30-23-26-40-35(27-30)32-18-9-12-22-39(32)51-40/h1-27H. The Labute approximate surface area is 291 Å². The van der Waals surface area contributed by atoms with Crippen LogP contribution in [-0.2, 0) is 0 Å². The predicted molar refractivity (Wildman–Crippen MR) is 207 cm³/mol. The van der Waals surface area contributed by atoms with Gasteiger partial charge in [-0.3, -0.25) is 4.57 Å². The fourth-order valence-corrected chi connectivity index (χ4v) is 7.75. The van der Waals surface area contributed by atoms with Gasteiger partial charge in [-0.25, -0.2) is 4.98 Å². The summed E-state index contributed by atoms with van der Waals surface area (Å²) in [7, 11) is 0. The quantitative estimate of drug-likeness (QED) is 0.190. The first-order valence-corrected chi connectivity index (χ1v) is 17.0. The number of furan rings is 1. The Morgan fingerprint density at radius 2 is 0.980 bits per heavy atom. The zero-order chi connectivity index (χ0) is 33.5. The maximum Gasteiger partial charge on any atom is 0.238 e. The van der Waals surface area contributed by atoms with E-state index in [4.69, 9.17) is 19.4 Å². The van der Waals surface area contributed by atoms with Crippen molar-refractivity contribution in [1.29, 1.82) is 0 Å². The third-order valence-electron chi connectivity index (χ3n) is 9.98. The molecule has 0 saturated carbocycles. The van der Waals surface area contributed by atoms with Crippen molar-refractivity contribution in [2.24, 2.45) is 0 Å². The first kappa shape index (κ1) is 27.9. The van der Waals surface area contributed by atoms with Crippen LogP contribution in [0.2, 0.25) is 0 Å². The van der Waals surface area contributed by atoms with Gasteiger partial charge in [0.1, 0.15) is 11.2 Å². The number of nitrogens with zero attached hydrogens (tertiary/aromatic N) is 5. The lowest BCUT2D eigenvalue weighted by Gasteiger charge is -2.12. The lowest BCUT2D eigenvalue weighted by atomic mass is 10.1. The van der Waals surface area contributed by atoms with E-state index in [2.05, 4.69) is 100 Å². The Morgan fingerprint density at radius 1 is 0.392 bits per heavy atom. The molecule has 6 nitrogen and oxygen atoms in total. The number of rotatable bonds is 4. The fraction of sp³-hybridized carbons (Fsp3) is 0. The maximum atomic E-state index is 6.21. The summed E-state index contributed by atoms with van der Waals surface area (Å²) in [4.78, 5) is 15.4. The molecule has 0 spiro atoms. The minimum atomic E-state index is 0.574. The highest BCUT2D eigenvalue weighted by molar-refractivity contribution is 6.26. The highest BCUT2D eigenvalue weighted by Gasteiger charge is 2.23. The van der Waals surface area contributed by atoms with E-state index in [1.54, 1.807) is 0 Å². The van der Waals surface area contributed by atoms with Crippen LogP contribution in [0, 0.1) is 0 Å². The Hall–Kier alpha value is -7.05. The van der Waals surface area contributed by atoms with Gasteiger partial charge in [-0.05, 0) is 42.5 Å². The van der Waals surface area contributed by atoms with Crippen LogP contribution in [-0.4, -0.2) is 24.1 Å². The molecule has 0 unspecified atom stereocenters. The molecular weight excluding hydrogens is 627 g/mol. The molecule has 11 aromatic rings. The third kappa shape index (κ3) is 4.14. The molecule has 0 aliphatic carbocycles. The third-order valence-corrected chi connectivity index (χ3v) is 9.98. The molecule has 4 aromatic heterocycles. The highest BCUT2D eigenvalue weighted by Crippen LogP contribution is 2.42. The van der Waals surface area contributed by atoms with Crippen LogP contribution in [0.5, 0.6) is 0 Å². The van der Waals surface area contributed by atoms with E-state index < -0.39 is 0 Å². The van der Waals surface area contributed by atoms with Crippen molar-refractivity contribution in [3.8, 4) is 34.4 Å². The summed E-state index contributed by atoms with van der Waals surface area (Å²) in [5.41, 5.74) is 9.01. The normalized spacial score (nSPS) is 11.9. The molecule has 11 rings (SSSR count). The van der Waals surface area contributed by atoms with Crippen molar-refractivity contribution in [2.75, 3.05) is 0 Å². The Bertz CT molecular complexity index is 3080. The van der Waals surface area contributed by atoms with Crippen molar-refractivity contribution < 1.29 is 4.42 Å². The Morgan fingerprint density at radius 3 is 1.71 bits per heavy atom. The number of fused-ring (bicyclic) bond motifs is 10. The first-order valence-electron chi connectivity index (χ1n) is 17.0. The summed E-state index contributed by atoms with van der Waals surface area (Å²) in [5, 5.41) is 6.77. The second kappa shape index (κ2) is 10.7. The number of benzene rings is 7. The molecule has 0 saturated heterocycles. The molecule has 0 N–H and O–H groups in total. The minimum Gasteiger partial charge on any atom is -0.456 e. The summed E-state index contributed by atoms with van der Waals surface area (Å²) >= 11 is 0. The largest absolute Gasteiger partial charge is 0.456 e. The number of hydrogen-bond donors (Lipinski definition) is 0. The van der Waals surface area contributed by atoms with Crippen LogP contribution in [0.3, 0.4) is 0 Å². The lowest BCUT2D eigenvalue weighted by Crippen LogP contribution is -2.06. The average molecular weight is 654 g/mol. The summed E-state index contributed by atoms with van der Waals surface area (Å²) in [6, 6.07) is 56.7. The van der Waals surface area contributed by atoms with E-state index in [-0.39, 0.29) is 0 Å². The van der Waals surface area contributed by atoms with Crippen LogP contribution in [0.4, 0.5) is 0 Å². The number of aromatic nitrogens is 5. The molecule has 4 heterocycles. The van der Waals surface area contributed by atoms with Crippen molar-refractivity contribution >= 4 is 65.6 Å². The van der Waals surface area contributed by atoms with Crippen molar-refractivity contribution in [2.45, 2.75) is 0 Å². The molecule has 7 aromatic carbocycles. The van der Waals surface area contributed by atoms with Crippen LogP contribution >= 0.6 is 0 Å². The smallest absolute Gasteiger partial charge is 0.238 e. The molecule has 0 radical (unpaired) electrons. The van der Waals surface area contributed by atoms with Gasteiger partial charge in [0.25, 0.3) is 0 Å². The van der Waals surface area contributed by atoms with Gasteiger partial charge in [0.15, 0.2) is 11.6 Å². The Kier molecular flexibility index (Phi) is 5.86. The molecule has 0 fully saturated rings. The van der Waals surface area contributed by atoms with E-state index in [0.29, 0.717) is 17.6 Å². The molecule has 6 heteroatoms. The Balaban J connectivity index is 1.27. The molecule has 0 aliphatic heterocycles. The molecule has 0 amide bonds. The zero-order valence-electron chi connectivity index (χ0n) is 27.2. The van der Waals surface area contributed by atoms with Crippen molar-refractivity contribution in [3.05, 3.63) is 164 Å². The fourth-order valence-electron chi connectivity index (χ4n) is 7.75. The van der Waals surface area contributed by atoms with Crippen LogP contribution in [0.25, 0.3) is 100.0 Å². The molecule has 0 atom stereocenters. The van der Waals surface area contributed by atoms with Gasteiger partial charge in [0.2, 0.25) is 5.95 Å². The first-order chi connectivity index (χ1) is 25.3. The second-order valence-corrected chi connectivity index (χ2v) is 12.9. The second-order valence-electron chi connectivity index (χ2n) is 12.9. The van der Waals surface area contributed by atoms with E-state index in [9.17, 15) is 0 Å². The van der Waals surface area contributed by atoms with E-state index in [1.807, 2.05) is 72.8 Å². The van der Waals surface area contributed by atoms with Crippen LogP contribution < -0.4 is 0 Å². The molecule has 0 aliphatic rings. The van der Waals surface area contributed by atoms with Gasteiger partial charge in [-0.1, -0.05) is 121 Å². The van der Waals surface area contributed by atoms with E-state index in [0.717, 1.165) is 82.4 Å². The monoisotopic (exact) mass is 653 g/mol. The summed E-state index contributed by atoms with van der Waals surface area (Å²) in [6.45, 7) is 0. The number of hydrogen-bond acceptors (Lipinski definition) is 4. The van der Waals surface area contributed by atoms with E-state index in [1.165, 1.54) is 0 Å². The van der Waals surface area contributed by atoms with Gasteiger partial charge in [0, 0.05) is 49.1 Å². The number of para-hydroxylation sites is 3. The summed E-state index contributed by atoms with van der Waals surface area (Å²) < 4.78 is 10.8. The predicted octanol–water partition coefficient (Wildman–Crippen LogP) is 11.3. The molecule has 51 heavy (non-hydrogen) atoms. The molecule has 0 bridgehead atoms. The summed E-state index contributed by atoms with van der Waals surface area (Å²) in [6.07, 6.45) is 0.